The van der Waals surface area contributed by atoms with Crippen LogP contribution in [0.15, 0.2) is 34.8 Å². The maximum Gasteiger partial charge on any atom is 0.243 e. The predicted molar refractivity (Wildman–Crippen MR) is 111 cm³/mol. The zero-order chi connectivity index (χ0) is 22.5. The number of nitrogens with one attached hydrogen (secondary N) is 2. The van der Waals surface area contributed by atoms with Gasteiger partial charge in [0.1, 0.15) is 5.82 Å². The molecule has 0 aliphatic rings. The van der Waals surface area contributed by atoms with Crippen molar-refractivity contribution in [3.63, 3.8) is 0 Å². The maximum atomic E-state index is 13.6. The smallest absolute Gasteiger partial charge is 0.243 e. The van der Waals surface area contributed by atoms with Crippen LogP contribution in [0.25, 0.3) is 0 Å². The van der Waals surface area contributed by atoms with Crippen molar-refractivity contribution >= 4 is 40.6 Å². The Kier molecular flexibility index (Phi) is 7.33. The number of carbonyl (C=O) groups is 2. The van der Waals surface area contributed by atoms with Gasteiger partial charge in [0.05, 0.1) is 17.5 Å². The number of hydrogen-bond acceptors (Lipinski definition) is 6. The molecule has 2 amide bonds. The van der Waals surface area contributed by atoms with E-state index in [-0.39, 0.29) is 0 Å². The fourth-order valence-electron chi connectivity index (χ4n) is 2.51. The molecule has 12 heteroatoms. The number of aromatic nitrogens is 3. The molecule has 2 heterocycles. The third-order valence-corrected chi connectivity index (χ3v) is 6.23. The Morgan fingerprint density at radius 1 is 1.19 bits per heavy atom. The van der Waals surface area contributed by atoms with Gasteiger partial charge < -0.3 is 15.2 Å². The minimum atomic E-state index is -1.69. The average Bonchev–Trinajstić information content (AvgIpc) is 3.38. The first-order chi connectivity index (χ1) is 14.8. The number of benzene rings is 1. The second kappa shape index (κ2) is 9.96. The number of thiophene rings is 1. The van der Waals surface area contributed by atoms with Gasteiger partial charge in [0.25, 0.3) is 0 Å². The highest BCUT2D eigenvalue weighted by Gasteiger charge is 2.20. The topological polar surface area (TPSA) is 88.9 Å². The van der Waals surface area contributed by atoms with Crippen LogP contribution in [-0.2, 0) is 23.1 Å². The molecule has 3 aromatic rings. The SMILES string of the molecule is CC(Sc1nnc(Cc2cccs2)n1C)C(=O)NCC(=O)Nc1ccc(F)c(F)c1F. The molecule has 7 nitrogen and oxygen atoms in total. The minimum Gasteiger partial charge on any atom is -0.346 e. The summed E-state index contributed by atoms with van der Waals surface area (Å²) in [5, 5.41) is 14.7. The van der Waals surface area contributed by atoms with Crippen molar-refractivity contribution in [2.45, 2.75) is 23.8 Å². The second-order valence-corrected chi connectivity index (χ2v) is 8.80. The number of rotatable bonds is 8. The van der Waals surface area contributed by atoms with Crippen LogP contribution in [0.4, 0.5) is 18.9 Å². The van der Waals surface area contributed by atoms with Crippen LogP contribution in [0.2, 0.25) is 0 Å². The normalized spacial score (nSPS) is 11.9. The second-order valence-electron chi connectivity index (χ2n) is 6.46. The molecular weight excluding hydrogens is 451 g/mol. The van der Waals surface area contributed by atoms with E-state index in [1.54, 1.807) is 29.9 Å². The molecular formula is C19H18F3N5O2S2. The summed E-state index contributed by atoms with van der Waals surface area (Å²) in [6.07, 6.45) is 0.628. The van der Waals surface area contributed by atoms with E-state index in [1.807, 2.05) is 17.5 Å². The van der Waals surface area contributed by atoms with Crippen molar-refractivity contribution in [3.8, 4) is 0 Å². The first kappa shape index (κ1) is 22.8. The van der Waals surface area contributed by atoms with Crippen molar-refractivity contribution in [2.75, 3.05) is 11.9 Å². The van der Waals surface area contributed by atoms with Crippen molar-refractivity contribution in [2.24, 2.45) is 7.05 Å². The molecule has 164 valence electrons. The van der Waals surface area contributed by atoms with Crippen LogP contribution in [-0.4, -0.2) is 38.4 Å². The summed E-state index contributed by atoms with van der Waals surface area (Å²) in [4.78, 5) is 25.3. The quantitative estimate of drug-likeness (QED) is 0.391. The third kappa shape index (κ3) is 5.64. The number of hydrogen-bond donors (Lipinski definition) is 2. The summed E-state index contributed by atoms with van der Waals surface area (Å²) in [5.41, 5.74) is -0.516. The lowest BCUT2D eigenvalue weighted by molar-refractivity contribution is -0.123. The molecule has 0 spiro atoms. The number of carbonyl (C=O) groups excluding carboxylic acids is 2. The van der Waals surface area contributed by atoms with E-state index in [1.165, 1.54) is 11.8 Å². The summed E-state index contributed by atoms with van der Waals surface area (Å²) >= 11 is 2.78. The first-order valence-corrected chi connectivity index (χ1v) is 10.8. The van der Waals surface area contributed by atoms with Crippen LogP contribution in [0, 0.1) is 17.5 Å². The summed E-state index contributed by atoms with van der Waals surface area (Å²) in [6, 6.07) is 5.54. The fourth-order valence-corrected chi connectivity index (χ4v) is 4.07. The van der Waals surface area contributed by atoms with Gasteiger partial charge in [0.15, 0.2) is 22.6 Å². The van der Waals surface area contributed by atoms with Crippen LogP contribution in [0.3, 0.4) is 0 Å². The third-order valence-electron chi connectivity index (χ3n) is 4.22. The first-order valence-electron chi connectivity index (χ1n) is 9.04. The highest BCUT2D eigenvalue weighted by atomic mass is 32.2. The molecule has 1 atom stereocenters. The predicted octanol–water partition coefficient (Wildman–Crippen LogP) is 3.12. The van der Waals surface area contributed by atoms with Crippen LogP contribution in [0.5, 0.6) is 0 Å². The Morgan fingerprint density at radius 3 is 2.68 bits per heavy atom. The van der Waals surface area contributed by atoms with Gasteiger partial charge in [0, 0.05) is 18.3 Å². The Bertz CT molecular complexity index is 1090. The van der Waals surface area contributed by atoms with Crippen molar-refractivity contribution in [3.05, 3.63) is 57.8 Å². The molecule has 0 radical (unpaired) electrons. The molecule has 0 aliphatic heterocycles. The minimum absolute atomic E-state index is 0.450. The van der Waals surface area contributed by atoms with Crippen LogP contribution < -0.4 is 10.6 Å². The van der Waals surface area contributed by atoms with E-state index in [4.69, 9.17) is 0 Å². The van der Waals surface area contributed by atoms with Gasteiger partial charge in [0.2, 0.25) is 11.8 Å². The van der Waals surface area contributed by atoms with Gasteiger partial charge in [-0.05, 0) is 30.5 Å². The molecule has 0 fully saturated rings. The van der Waals surface area contributed by atoms with E-state index in [0.29, 0.717) is 17.6 Å². The lowest BCUT2D eigenvalue weighted by Crippen LogP contribution is -2.37. The molecule has 3 rings (SSSR count). The van der Waals surface area contributed by atoms with E-state index < -0.39 is 46.7 Å². The largest absolute Gasteiger partial charge is 0.346 e. The van der Waals surface area contributed by atoms with Crippen LogP contribution >= 0.6 is 23.1 Å². The van der Waals surface area contributed by atoms with Crippen molar-refractivity contribution < 1.29 is 22.8 Å². The van der Waals surface area contributed by atoms with Gasteiger partial charge in [-0.3, -0.25) is 9.59 Å². The Labute approximate surface area is 184 Å². The summed E-state index contributed by atoms with van der Waals surface area (Å²) < 4.78 is 41.6. The molecule has 1 unspecified atom stereocenters. The molecule has 1 aromatic carbocycles. The number of halogens is 3. The molecule has 2 aromatic heterocycles. The summed E-state index contributed by atoms with van der Waals surface area (Å²) in [5.74, 6) is -5.04. The van der Waals surface area contributed by atoms with E-state index in [9.17, 15) is 22.8 Å². The van der Waals surface area contributed by atoms with Gasteiger partial charge in [-0.15, -0.1) is 21.5 Å². The zero-order valence-electron chi connectivity index (χ0n) is 16.5. The van der Waals surface area contributed by atoms with Crippen molar-refractivity contribution in [1.82, 2.24) is 20.1 Å². The number of thioether (sulfide) groups is 1. The summed E-state index contributed by atoms with van der Waals surface area (Å²) in [7, 11) is 1.81. The lowest BCUT2D eigenvalue weighted by atomic mass is 10.2. The monoisotopic (exact) mass is 469 g/mol. The molecule has 0 bridgehead atoms. The van der Waals surface area contributed by atoms with E-state index in [0.717, 1.165) is 16.8 Å². The van der Waals surface area contributed by atoms with E-state index in [2.05, 4.69) is 20.8 Å². The van der Waals surface area contributed by atoms with Crippen LogP contribution in [0.1, 0.15) is 17.6 Å². The maximum absolute atomic E-state index is 13.6. The van der Waals surface area contributed by atoms with Gasteiger partial charge >= 0.3 is 0 Å². The van der Waals surface area contributed by atoms with Gasteiger partial charge in [-0.25, -0.2) is 13.2 Å². The Hall–Kier alpha value is -2.86. The lowest BCUT2D eigenvalue weighted by Gasteiger charge is -2.12. The molecule has 0 aliphatic carbocycles. The summed E-state index contributed by atoms with van der Waals surface area (Å²) in [6.45, 7) is 1.17. The van der Waals surface area contributed by atoms with Crippen molar-refractivity contribution in [1.29, 1.82) is 0 Å². The highest BCUT2D eigenvalue weighted by molar-refractivity contribution is 8.00. The number of amides is 2. The molecule has 2 N–H and O–H groups in total. The average molecular weight is 470 g/mol. The number of anilines is 1. The highest BCUT2D eigenvalue weighted by Crippen LogP contribution is 2.23. The number of nitrogens with zero attached hydrogens (tertiary/aromatic N) is 3. The molecule has 0 saturated carbocycles. The standard InChI is InChI=1S/C19H18F3N5O2S2/c1-10(31-19-26-25-14(27(19)2)8-11-4-3-7-30-11)18(29)23-9-15(28)24-13-6-5-12(20)16(21)17(13)22/h3-7,10H,8-9H2,1-2H3,(H,23,29)(H,24,28). The van der Waals surface area contributed by atoms with Gasteiger partial charge in [-0.1, -0.05) is 17.8 Å². The van der Waals surface area contributed by atoms with E-state index >= 15 is 0 Å². The Balaban J connectivity index is 1.51. The molecule has 31 heavy (non-hydrogen) atoms. The van der Waals surface area contributed by atoms with Gasteiger partial charge in [-0.2, -0.15) is 0 Å². The fraction of sp³-hybridized carbons (Fsp3) is 0.263. The Morgan fingerprint density at radius 2 is 1.97 bits per heavy atom. The molecule has 0 saturated heterocycles. The zero-order valence-corrected chi connectivity index (χ0v) is 18.1.